The van der Waals surface area contributed by atoms with Crippen LogP contribution in [-0.4, -0.2) is 15.5 Å². The van der Waals surface area contributed by atoms with Gasteiger partial charge in [0.05, 0.1) is 12.0 Å². The lowest BCUT2D eigenvalue weighted by atomic mass is 9.97. The third kappa shape index (κ3) is 3.04. The van der Waals surface area contributed by atoms with Gasteiger partial charge in [0.15, 0.2) is 11.6 Å². The van der Waals surface area contributed by atoms with Crippen molar-refractivity contribution in [3.8, 4) is 5.75 Å². The van der Waals surface area contributed by atoms with Gasteiger partial charge >= 0.3 is 0 Å². The average Bonchev–Trinajstić information content (AvgIpc) is 3.25. The van der Waals surface area contributed by atoms with Crippen molar-refractivity contribution in [1.29, 1.82) is 0 Å². The third-order valence-electron chi connectivity index (χ3n) is 5.46. The highest BCUT2D eigenvalue weighted by atomic mass is 32.2. The van der Waals surface area contributed by atoms with Crippen molar-refractivity contribution in [3.63, 3.8) is 0 Å². The number of primary sulfonamides is 1. The SMILES string of the molecule is COc1ccc(C2=C(c3ccc(S(N)(=O)=O)cc3)CC3(CC3)C2)cc1F. The van der Waals surface area contributed by atoms with E-state index in [9.17, 15) is 12.8 Å². The Hall–Kier alpha value is -2.18. The summed E-state index contributed by atoms with van der Waals surface area (Å²) >= 11 is 0. The van der Waals surface area contributed by atoms with E-state index in [1.54, 1.807) is 18.2 Å². The molecule has 0 radical (unpaired) electrons. The Labute approximate surface area is 152 Å². The van der Waals surface area contributed by atoms with Crippen LogP contribution in [0, 0.1) is 11.2 Å². The fraction of sp³-hybridized carbons (Fsp3) is 0.300. The summed E-state index contributed by atoms with van der Waals surface area (Å²) in [6.07, 6.45) is 4.21. The van der Waals surface area contributed by atoms with Crippen LogP contribution >= 0.6 is 0 Å². The molecule has 0 unspecified atom stereocenters. The molecule has 0 atom stereocenters. The van der Waals surface area contributed by atoms with E-state index in [1.165, 1.54) is 38.2 Å². The molecule has 2 N–H and O–H groups in total. The monoisotopic (exact) mass is 373 g/mol. The molecule has 1 saturated carbocycles. The molecule has 0 saturated heterocycles. The first kappa shape index (κ1) is 17.2. The van der Waals surface area contributed by atoms with Gasteiger partial charge in [-0.1, -0.05) is 18.2 Å². The summed E-state index contributed by atoms with van der Waals surface area (Å²) in [6, 6.07) is 11.7. The van der Waals surface area contributed by atoms with E-state index in [0.29, 0.717) is 5.41 Å². The number of hydrogen-bond acceptors (Lipinski definition) is 3. The van der Waals surface area contributed by atoms with Crippen molar-refractivity contribution < 1.29 is 17.5 Å². The maximum atomic E-state index is 14.2. The molecule has 2 aliphatic carbocycles. The van der Waals surface area contributed by atoms with Gasteiger partial charge in [0.1, 0.15) is 0 Å². The van der Waals surface area contributed by atoms with Gasteiger partial charge in [-0.05, 0) is 77.6 Å². The summed E-state index contributed by atoms with van der Waals surface area (Å²) < 4.78 is 42.2. The van der Waals surface area contributed by atoms with E-state index >= 15 is 0 Å². The number of ether oxygens (including phenoxy) is 1. The zero-order valence-electron chi connectivity index (χ0n) is 14.5. The van der Waals surface area contributed by atoms with Gasteiger partial charge in [-0.25, -0.2) is 17.9 Å². The topological polar surface area (TPSA) is 69.4 Å². The van der Waals surface area contributed by atoms with Gasteiger partial charge in [0.25, 0.3) is 0 Å². The fourth-order valence-electron chi connectivity index (χ4n) is 3.81. The second-order valence-electron chi connectivity index (χ2n) is 7.23. The standard InChI is InChI=1S/C20H20FNO3S/c1-25-19-7-4-14(10-18(19)21)17-12-20(8-9-20)11-16(17)13-2-5-15(6-3-13)26(22,23)24/h2-7,10H,8-9,11-12H2,1H3,(H2,22,23,24). The molecule has 2 aliphatic rings. The Morgan fingerprint density at radius 3 is 2.08 bits per heavy atom. The molecule has 2 aromatic carbocycles. The van der Waals surface area contributed by atoms with Crippen molar-refractivity contribution >= 4 is 21.2 Å². The van der Waals surface area contributed by atoms with Crippen LogP contribution in [0.5, 0.6) is 5.75 Å². The summed E-state index contributed by atoms with van der Waals surface area (Å²) in [7, 11) is -2.26. The Balaban J connectivity index is 1.78. The highest BCUT2D eigenvalue weighted by molar-refractivity contribution is 7.89. The second-order valence-corrected chi connectivity index (χ2v) is 8.79. The Bertz CT molecular complexity index is 1010. The maximum absolute atomic E-state index is 14.2. The number of rotatable bonds is 4. The first-order valence-corrected chi connectivity index (χ1v) is 10.1. The summed E-state index contributed by atoms with van der Waals surface area (Å²) in [6.45, 7) is 0. The van der Waals surface area contributed by atoms with E-state index < -0.39 is 10.0 Å². The van der Waals surface area contributed by atoms with Gasteiger partial charge in [0.2, 0.25) is 10.0 Å². The highest BCUT2D eigenvalue weighted by Gasteiger charge is 2.48. The van der Waals surface area contributed by atoms with E-state index in [1.807, 2.05) is 6.07 Å². The van der Waals surface area contributed by atoms with Crippen LogP contribution in [0.25, 0.3) is 11.1 Å². The van der Waals surface area contributed by atoms with E-state index in [2.05, 4.69) is 0 Å². The van der Waals surface area contributed by atoms with Crippen LogP contribution in [0.1, 0.15) is 36.8 Å². The number of hydrogen-bond donors (Lipinski definition) is 1. The summed E-state index contributed by atoms with van der Waals surface area (Å²) in [5, 5.41) is 5.18. The van der Waals surface area contributed by atoms with E-state index in [-0.39, 0.29) is 16.5 Å². The van der Waals surface area contributed by atoms with Gasteiger partial charge < -0.3 is 4.74 Å². The lowest BCUT2D eigenvalue weighted by molar-refractivity contribution is 0.386. The normalized spacial score (nSPS) is 18.4. The van der Waals surface area contributed by atoms with Gasteiger partial charge in [0, 0.05) is 0 Å². The molecule has 0 aliphatic heterocycles. The molecular weight excluding hydrogens is 353 g/mol. The first-order chi connectivity index (χ1) is 12.3. The molecule has 0 aromatic heterocycles. The van der Waals surface area contributed by atoms with Crippen LogP contribution in [0.2, 0.25) is 0 Å². The number of nitrogens with two attached hydrogens (primary N) is 1. The average molecular weight is 373 g/mol. The molecule has 0 amide bonds. The molecule has 4 rings (SSSR count). The molecule has 0 bridgehead atoms. The number of benzene rings is 2. The van der Waals surface area contributed by atoms with Gasteiger partial charge in [-0.15, -0.1) is 0 Å². The van der Waals surface area contributed by atoms with Gasteiger partial charge in [-0.2, -0.15) is 0 Å². The van der Waals surface area contributed by atoms with E-state index in [0.717, 1.165) is 35.1 Å². The molecule has 4 nitrogen and oxygen atoms in total. The molecule has 1 fully saturated rings. The number of halogens is 1. The van der Waals surface area contributed by atoms with Crippen LogP contribution in [0.3, 0.4) is 0 Å². The van der Waals surface area contributed by atoms with Crippen LogP contribution in [-0.2, 0) is 10.0 Å². The largest absolute Gasteiger partial charge is 0.494 e. The Morgan fingerprint density at radius 1 is 1.00 bits per heavy atom. The molecule has 136 valence electrons. The molecule has 26 heavy (non-hydrogen) atoms. The smallest absolute Gasteiger partial charge is 0.238 e. The first-order valence-electron chi connectivity index (χ1n) is 8.51. The number of allylic oxidation sites excluding steroid dienone is 2. The molecular formula is C20H20FNO3S. The predicted molar refractivity (Wildman–Crippen MR) is 98.5 cm³/mol. The van der Waals surface area contributed by atoms with Crippen molar-refractivity contribution in [3.05, 3.63) is 59.4 Å². The minimum atomic E-state index is -3.71. The molecule has 2 aromatic rings. The second kappa shape index (κ2) is 5.93. The van der Waals surface area contributed by atoms with Crippen molar-refractivity contribution in [2.24, 2.45) is 10.6 Å². The zero-order chi connectivity index (χ0) is 18.5. The predicted octanol–water partition coefficient (Wildman–Crippen LogP) is 3.97. The van der Waals surface area contributed by atoms with Crippen molar-refractivity contribution in [2.45, 2.75) is 30.6 Å². The third-order valence-corrected chi connectivity index (χ3v) is 6.39. The Kier molecular flexibility index (Phi) is 3.93. The van der Waals surface area contributed by atoms with Crippen molar-refractivity contribution in [2.75, 3.05) is 7.11 Å². The van der Waals surface area contributed by atoms with E-state index in [4.69, 9.17) is 9.88 Å². The van der Waals surface area contributed by atoms with Crippen LogP contribution in [0.15, 0.2) is 47.4 Å². The zero-order valence-corrected chi connectivity index (χ0v) is 15.3. The summed E-state index contributed by atoms with van der Waals surface area (Å²) in [4.78, 5) is 0.0954. The maximum Gasteiger partial charge on any atom is 0.238 e. The fourth-order valence-corrected chi connectivity index (χ4v) is 4.32. The van der Waals surface area contributed by atoms with Crippen LogP contribution < -0.4 is 9.88 Å². The minimum Gasteiger partial charge on any atom is -0.494 e. The Morgan fingerprint density at radius 2 is 1.58 bits per heavy atom. The van der Waals surface area contributed by atoms with Gasteiger partial charge in [-0.3, -0.25) is 0 Å². The number of methoxy groups -OCH3 is 1. The number of sulfonamides is 1. The quantitative estimate of drug-likeness (QED) is 0.882. The van der Waals surface area contributed by atoms with Crippen molar-refractivity contribution in [1.82, 2.24) is 0 Å². The van der Waals surface area contributed by atoms with Crippen LogP contribution in [0.4, 0.5) is 4.39 Å². The summed E-state index contributed by atoms with van der Waals surface area (Å²) in [5.41, 5.74) is 4.41. The lowest BCUT2D eigenvalue weighted by Gasteiger charge is -2.10. The molecule has 6 heteroatoms. The lowest BCUT2D eigenvalue weighted by Crippen LogP contribution is -2.11. The summed E-state index contributed by atoms with van der Waals surface area (Å²) in [5.74, 6) is -0.147. The molecule has 1 spiro atoms. The highest BCUT2D eigenvalue weighted by Crippen LogP contribution is 2.63. The molecule has 0 heterocycles. The minimum absolute atomic E-state index is 0.0954.